The van der Waals surface area contributed by atoms with Gasteiger partial charge in [0.15, 0.2) is 0 Å². The molecule has 1 unspecified atom stereocenters. The summed E-state index contributed by atoms with van der Waals surface area (Å²) in [6.07, 6.45) is 0. The number of benzene rings is 2. The molecule has 128 valence electrons. The maximum absolute atomic E-state index is 13.1. The molecule has 0 radical (unpaired) electrons. The topological polar surface area (TPSA) is 42.0 Å². The number of hydrogen-bond donors (Lipinski definition) is 1. The summed E-state index contributed by atoms with van der Waals surface area (Å²) in [5.74, 6) is 0.242. The Morgan fingerprint density at radius 1 is 1.00 bits per heavy atom. The van der Waals surface area contributed by atoms with Crippen molar-refractivity contribution in [1.82, 2.24) is 10.3 Å². The number of pyridine rings is 1. The van der Waals surface area contributed by atoms with E-state index in [0.29, 0.717) is 11.5 Å². The molecule has 0 aliphatic carbocycles. The summed E-state index contributed by atoms with van der Waals surface area (Å²) in [6.45, 7) is 8.20. The fourth-order valence-corrected chi connectivity index (χ4v) is 3.17. The van der Waals surface area contributed by atoms with E-state index in [2.05, 4.69) is 36.3 Å². The van der Waals surface area contributed by atoms with E-state index in [1.165, 1.54) is 0 Å². The van der Waals surface area contributed by atoms with Crippen LogP contribution in [0.4, 0.5) is 0 Å². The molecule has 3 rings (SSSR count). The van der Waals surface area contributed by atoms with Crippen LogP contribution in [0.3, 0.4) is 0 Å². The molecule has 1 aromatic heterocycles. The van der Waals surface area contributed by atoms with Gasteiger partial charge in [-0.3, -0.25) is 9.78 Å². The van der Waals surface area contributed by atoms with Crippen LogP contribution in [0, 0.1) is 19.8 Å². The van der Waals surface area contributed by atoms with E-state index >= 15 is 0 Å². The molecule has 3 heteroatoms. The molecule has 3 aromatic rings. The smallest absolute Gasteiger partial charge is 0.252 e. The summed E-state index contributed by atoms with van der Waals surface area (Å²) in [5, 5.41) is 4.12. The van der Waals surface area contributed by atoms with Crippen molar-refractivity contribution in [2.45, 2.75) is 33.7 Å². The first-order valence-corrected chi connectivity index (χ1v) is 8.69. The first-order valence-electron chi connectivity index (χ1n) is 8.69. The molecule has 0 saturated carbocycles. The van der Waals surface area contributed by atoms with Crippen LogP contribution in [0.25, 0.3) is 10.9 Å². The van der Waals surface area contributed by atoms with Crippen molar-refractivity contribution in [2.75, 3.05) is 0 Å². The maximum Gasteiger partial charge on any atom is 0.252 e. The Kier molecular flexibility index (Phi) is 4.84. The number of rotatable bonds is 4. The van der Waals surface area contributed by atoms with Crippen molar-refractivity contribution in [3.8, 4) is 0 Å². The van der Waals surface area contributed by atoms with Crippen LogP contribution in [-0.2, 0) is 0 Å². The van der Waals surface area contributed by atoms with Crippen molar-refractivity contribution in [2.24, 2.45) is 5.92 Å². The highest BCUT2D eigenvalue weighted by Crippen LogP contribution is 2.24. The summed E-state index contributed by atoms with van der Waals surface area (Å²) in [6, 6.07) is 18.0. The number of carbonyl (C=O) groups is 1. The summed E-state index contributed by atoms with van der Waals surface area (Å²) < 4.78 is 0. The van der Waals surface area contributed by atoms with Gasteiger partial charge in [-0.2, -0.15) is 0 Å². The average Bonchev–Trinajstić information content (AvgIpc) is 2.59. The predicted molar refractivity (Wildman–Crippen MR) is 103 cm³/mol. The van der Waals surface area contributed by atoms with Crippen molar-refractivity contribution >= 4 is 16.8 Å². The van der Waals surface area contributed by atoms with Gasteiger partial charge in [0, 0.05) is 11.1 Å². The third kappa shape index (κ3) is 3.71. The Balaban J connectivity index is 2.00. The first-order chi connectivity index (χ1) is 12.0. The molecule has 0 aliphatic heterocycles. The maximum atomic E-state index is 13.1. The van der Waals surface area contributed by atoms with Crippen molar-refractivity contribution in [3.63, 3.8) is 0 Å². The number of nitrogens with zero attached hydrogens (tertiary/aromatic N) is 1. The molecule has 1 N–H and O–H groups in total. The summed E-state index contributed by atoms with van der Waals surface area (Å²) >= 11 is 0. The lowest BCUT2D eigenvalue weighted by Gasteiger charge is -2.23. The number of carbonyl (C=O) groups excluding carboxylic acids is 1. The summed E-state index contributed by atoms with van der Waals surface area (Å²) in [5.41, 5.74) is 4.64. The summed E-state index contributed by atoms with van der Waals surface area (Å²) in [4.78, 5) is 17.6. The quantitative estimate of drug-likeness (QED) is 0.732. The van der Waals surface area contributed by atoms with E-state index in [1.807, 2.05) is 56.3 Å². The third-order valence-electron chi connectivity index (χ3n) is 4.45. The second-order valence-corrected chi connectivity index (χ2v) is 6.94. The van der Waals surface area contributed by atoms with Crippen LogP contribution in [0.15, 0.2) is 54.6 Å². The van der Waals surface area contributed by atoms with Crippen molar-refractivity contribution in [1.29, 1.82) is 0 Å². The molecule has 0 fully saturated rings. The standard InChI is InChI=1S/C22H24N2O/c1-14(2)21(17-8-6-5-7-9-17)24-22(25)19-13-16(4)23-20-11-10-15(3)12-18(19)20/h5-14,21H,1-4H3,(H,24,25). The Morgan fingerprint density at radius 3 is 2.40 bits per heavy atom. The van der Waals surface area contributed by atoms with Crippen LogP contribution in [0.1, 0.15) is 47.1 Å². The lowest BCUT2D eigenvalue weighted by atomic mass is 9.95. The number of amides is 1. The van der Waals surface area contributed by atoms with Crippen molar-refractivity contribution < 1.29 is 4.79 Å². The number of aromatic nitrogens is 1. The van der Waals surface area contributed by atoms with Crippen LogP contribution < -0.4 is 5.32 Å². The highest BCUT2D eigenvalue weighted by molar-refractivity contribution is 6.06. The van der Waals surface area contributed by atoms with E-state index < -0.39 is 0 Å². The second kappa shape index (κ2) is 7.06. The van der Waals surface area contributed by atoms with Gasteiger partial charge in [0.2, 0.25) is 0 Å². The number of fused-ring (bicyclic) bond motifs is 1. The molecular formula is C22H24N2O. The van der Waals surface area contributed by atoms with Crippen LogP contribution in [0.2, 0.25) is 0 Å². The minimum Gasteiger partial charge on any atom is -0.345 e. The normalized spacial score (nSPS) is 12.4. The van der Waals surface area contributed by atoms with Gasteiger partial charge in [0.05, 0.1) is 17.1 Å². The lowest BCUT2D eigenvalue weighted by Crippen LogP contribution is -2.32. The molecule has 25 heavy (non-hydrogen) atoms. The fraction of sp³-hybridized carbons (Fsp3) is 0.273. The van der Waals surface area contributed by atoms with Crippen LogP contribution in [0.5, 0.6) is 0 Å². The largest absolute Gasteiger partial charge is 0.345 e. The Bertz CT molecular complexity index is 901. The zero-order chi connectivity index (χ0) is 18.0. The van der Waals surface area contributed by atoms with E-state index in [4.69, 9.17) is 0 Å². The molecule has 1 amide bonds. The van der Waals surface area contributed by atoms with Gasteiger partial charge in [-0.05, 0) is 43.5 Å². The molecule has 0 saturated heterocycles. The van der Waals surface area contributed by atoms with E-state index in [-0.39, 0.29) is 11.9 Å². The van der Waals surface area contributed by atoms with Gasteiger partial charge in [-0.1, -0.05) is 55.8 Å². The highest BCUT2D eigenvalue weighted by atomic mass is 16.1. The zero-order valence-corrected chi connectivity index (χ0v) is 15.2. The highest BCUT2D eigenvalue weighted by Gasteiger charge is 2.20. The molecule has 1 atom stereocenters. The van der Waals surface area contributed by atoms with Gasteiger partial charge in [-0.15, -0.1) is 0 Å². The lowest BCUT2D eigenvalue weighted by molar-refractivity contribution is 0.0927. The number of nitrogens with one attached hydrogen (secondary N) is 1. The van der Waals surface area contributed by atoms with Crippen LogP contribution >= 0.6 is 0 Å². The molecule has 2 aromatic carbocycles. The SMILES string of the molecule is Cc1ccc2nc(C)cc(C(=O)NC(c3ccccc3)C(C)C)c2c1. The second-order valence-electron chi connectivity index (χ2n) is 6.94. The molecular weight excluding hydrogens is 308 g/mol. The van der Waals surface area contributed by atoms with E-state index in [0.717, 1.165) is 27.7 Å². The molecule has 0 bridgehead atoms. The van der Waals surface area contributed by atoms with Crippen LogP contribution in [-0.4, -0.2) is 10.9 Å². The fourth-order valence-electron chi connectivity index (χ4n) is 3.17. The minimum absolute atomic E-state index is 0.0259. The number of aryl methyl sites for hydroxylation is 2. The minimum atomic E-state index is -0.0522. The summed E-state index contributed by atoms with van der Waals surface area (Å²) in [7, 11) is 0. The molecule has 0 spiro atoms. The Labute approximate surface area is 149 Å². The number of hydrogen-bond acceptors (Lipinski definition) is 2. The monoisotopic (exact) mass is 332 g/mol. The Morgan fingerprint density at radius 2 is 1.72 bits per heavy atom. The van der Waals surface area contributed by atoms with Crippen molar-refractivity contribution in [3.05, 3.63) is 77.0 Å². The van der Waals surface area contributed by atoms with Gasteiger partial charge in [0.25, 0.3) is 5.91 Å². The average molecular weight is 332 g/mol. The van der Waals surface area contributed by atoms with E-state index in [9.17, 15) is 4.79 Å². The van der Waals surface area contributed by atoms with Gasteiger partial charge < -0.3 is 5.32 Å². The Hall–Kier alpha value is -2.68. The first kappa shape index (κ1) is 17.2. The van der Waals surface area contributed by atoms with Gasteiger partial charge >= 0.3 is 0 Å². The van der Waals surface area contributed by atoms with Gasteiger partial charge in [-0.25, -0.2) is 0 Å². The van der Waals surface area contributed by atoms with Gasteiger partial charge in [0.1, 0.15) is 0 Å². The molecule has 3 nitrogen and oxygen atoms in total. The third-order valence-corrected chi connectivity index (χ3v) is 4.45. The predicted octanol–water partition coefficient (Wildman–Crippen LogP) is 4.98. The molecule has 1 heterocycles. The van der Waals surface area contributed by atoms with E-state index in [1.54, 1.807) is 0 Å². The zero-order valence-electron chi connectivity index (χ0n) is 15.2. The molecule has 0 aliphatic rings.